The molecule has 0 bridgehead atoms. The van der Waals surface area contributed by atoms with Gasteiger partial charge in [-0.2, -0.15) is 5.10 Å². The van der Waals surface area contributed by atoms with Gasteiger partial charge in [0.05, 0.1) is 34.1 Å². The second-order valence-corrected chi connectivity index (χ2v) is 7.51. The molecule has 0 aromatic heterocycles. The van der Waals surface area contributed by atoms with Gasteiger partial charge in [-0.1, -0.05) is 6.07 Å². The van der Waals surface area contributed by atoms with Crippen LogP contribution in [0.1, 0.15) is 15.9 Å². The summed E-state index contributed by atoms with van der Waals surface area (Å²) in [6.45, 7) is 2.46. The van der Waals surface area contributed by atoms with Gasteiger partial charge in [0.25, 0.3) is 5.91 Å². The third kappa shape index (κ3) is 4.85. The smallest absolute Gasteiger partial charge is 0.271 e. The lowest BCUT2D eigenvalue weighted by atomic mass is 10.2. The molecule has 0 unspecified atom stereocenters. The highest BCUT2D eigenvalue weighted by Gasteiger charge is 2.15. The molecular formula is C18H16Br2FN3O3. The normalized spacial score (nSPS) is 14.6. The van der Waals surface area contributed by atoms with Crippen molar-refractivity contribution in [3.63, 3.8) is 0 Å². The molecule has 142 valence electrons. The van der Waals surface area contributed by atoms with E-state index in [-0.39, 0.29) is 11.6 Å². The van der Waals surface area contributed by atoms with Crippen molar-refractivity contribution in [1.29, 1.82) is 0 Å². The Kier molecular flexibility index (Phi) is 6.46. The number of nitrogens with zero attached hydrogens (tertiary/aromatic N) is 2. The van der Waals surface area contributed by atoms with Crippen molar-refractivity contribution in [2.45, 2.75) is 0 Å². The summed E-state index contributed by atoms with van der Waals surface area (Å²) in [6, 6.07) is 7.74. The molecule has 0 atom stereocenters. The van der Waals surface area contributed by atoms with Crippen LogP contribution in [0, 0.1) is 5.82 Å². The fourth-order valence-electron chi connectivity index (χ4n) is 2.59. The van der Waals surface area contributed by atoms with Crippen LogP contribution in [0.3, 0.4) is 0 Å². The lowest BCUT2D eigenvalue weighted by molar-refractivity contribution is 0.0955. The number of amides is 1. The molecule has 2 aromatic rings. The Balaban J connectivity index is 1.66. The Morgan fingerprint density at radius 3 is 2.52 bits per heavy atom. The molecule has 1 fully saturated rings. The van der Waals surface area contributed by atoms with Crippen LogP contribution >= 0.6 is 31.9 Å². The predicted octanol–water partition coefficient (Wildman–Crippen LogP) is 3.66. The van der Waals surface area contributed by atoms with Crippen LogP contribution in [-0.2, 0) is 4.74 Å². The molecule has 0 aliphatic carbocycles. The molecule has 2 N–H and O–H groups in total. The Morgan fingerprint density at radius 1 is 1.22 bits per heavy atom. The number of benzene rings is 2. The Hall–Kier alpha value is -1.97. The highest BCUT2D eigenvalue weighted by atomic mass is 79.9. The molecule has 9 heteroatoms. The maximum absolute atomic E-state index is 14.3. The van der Waals surface area contributed by atoms with Gasteiger partial charge in [-0.25, -0.2) is 9.82 Å². The lowest BCUT2D eigenvalue weighted by Gasteiger charge is -2.29. The number of aromatic hydroxyl groups is 1. The van der Waals surface area contributed by atoms with Crippen LogP contribution in [0.4, 0.5) is 10.1 Å². The zero-order valence-electron chi connectivity index (χ0n) is 14.1. The summed E-state index contributed by atoms with van der Waals surface area (Å²) < 4.78 is 20.4. The van der Waals surface area contributed by atoms with Crippen molar-refractivity contribution in [3.05, 3.63) is 56.2 Å². The molecule has 1 saturated heterocycles. The first-order valence-electron chi connectivity index (χ1n) is 8.09. The lowest BCUT2D eigenvalue weighted by Crippen LogP contribution is -2.36. The molecule has 0 spiro atoms. The summed E-state index contributed by atoms with van der Waals surface area (Å²) in [6.07, 6.45) is 1.37. The largest absolute Gasteiger partial charge is 0.506 e. The topological polar surface area (TPSA) is 74.2 Å². The van der Waals surface area contributed by atoms with Crippen molar-refractivity contribution >= 4 is 49.7 Å². The van der Waals surface area contributed by atoms with Crippen LogP contribution < -0.4 is 10.3 Å². The number of halogens is 3. The molecule has 1 amide bonds. The van der Waals surface area contributed by atoms with Crippen LogP contribution in [0.5, 0.6) is 5.75 Å². The quantitative estimate of drug-likeness (QED) is 0.496. The van der Waals surface area contributed by atoms with E-state index in [4.69, 9.17) is 4.74 Å². The number of morpholine rings is 1. The number of ether oxygens (including phenoxy) is 1. The third-order valence-corrected chi connectivity index (χ3v) is 5.19. The first-order valence-corrected chi connectivity index (χ1v) is 9.68. The van der Waals surface area contributed by atoms with Gasteiger partial charge in [-0.05, 0) is 61.7 Å². The van der Waals surface area contributed by atoms with Crippen molar-refractivity contribution < 1.29 is 19.0 Å². The summed E-state index contributed by atoms with van der Waals surface area (Å²) in [5, 5.41) is 13.5. The molecule has 1 aliphatic rings. The number of phenols is 1. The van der Waals surface area contributed by atoms with Gasteiger partial charge in [0.2, 0.25) is 0 Å². The number of nitrogens with one attached hydrogen (secondary N) is 1. The Morgan fingerprint density at radius 2 is 1.89 bits per heavy atom. The highest BCUT2D eigenvalue weighted by molar-refractivity contribution is 9.11. The standard InChI is InChI=1S/C18H16Br2FN3O3/c19-13-8-12(9-14(20)17(13)25)18(26)23-22-10-11-1-2-16(15(21)7-11)24-3-5-27-6-4-24/h1-2,7-10,25H,3-6H2,(H,23,26)/b22-10-. The highest BCUT2D eigenvalue weighted by Crippen LogP contribution is 2.33. The number of phenolic OH excluding ortho intramolecular Hbond substituents is 1. The SMILES string of the molecule is O=C(N/N=C\c1ccc(N2CCOCC2)c(F)c1)c1cc(Br)c(O)c(Br)c1. The maximum Gasteiger partial charge on any atom is 0.271 e. The van der Waals surface area contributed by atoms with Crippen LogP contribution in [0.15, 0.2) is 44.4 Å². The van der Waals surface area contributed by atoms with Gasteiger partial charge in [-0.3, -0.25) is 4.79 Å². The van der Waals surface area contributed by atoms with E-state index in [1.54, 1.807) is 12.1 Å². The molecule has 0 radical (unpaired) electrons. The van der Waals surface area contributed by atoms with Gasteiger partial charge in [0.15, 0.2) is 0 Å². The summed E-state index contributed by atoms with van der Waals surface area (Å²) >= 11 is 6.33. The average Bonchev–Trinajstić information content (AvgIpc) is 2.66. The van der Waals surface area contributed by atoms with Crippen LogP contribution in [-0.4, -0.2) is 43.5 Å². The van der Waals surface area contributed by atoms with Crippen molar-refractivity contribution in [2.24, 2.45) is 5.10 Å². The summed E-state index contributed by atoms with van der Waals surface area (Å²) in [5.74, 6) is -0.803. The number of hydrogen-bond acceptors (Lipinski definition) is 5. The first kappa shape index (κ1) is 19.8. The number of anilines is 1. The maximum atomic E-state index is 14.3. The van der Waals surface area contributed by atoms with E-state index < -0.39 is 5.91 Å². The number of rotatable bonds is 4. The molecule has 1 aliphatic heterocycles. The molecule has 0 saturated carbocycles. The van der Waals surface area contributed by atoms with Gasteiger partial charge in [0, 0.05) is 18.7 Å². The zero-order valence-corrected chi connectivity index (χ0v) is 17.3. The predicted molar refractivity (Wildman–Crippen MR) is 108 cm³/mol. The average molecular weight is 501 g/mol. The summed E-state index contributed by atoms with van der Waals surface area (Å²) in [4.78, 5) is 14.1. The number of hydrazone groups is 1. The first-order chi connectivity index (χ1) is 13.0. The monoisotopic (exact) mass is 499 g/mol. The number of carbonyl (C=O) groups excluding carboxylic acids is 1. The summed E-state index contributed by atoms with van der Waals surface area (Å²) in [5.41, 5.74) is 3.73. The van der Waals surface area contributed by atoms with Gasteiger partial charge < -0.3 is 14.7 Å². The van der Waals surface area contributed by atoms with E-state index in [0.717, 1.165) is 0 Å². The molecule has 3 rings (SSSR count). The van der Waals surface area contributed by atoms with Crippen molar-refractivity contribution in [2.75, 3.05) is 31.2 Å². The fourth-order valence-corrected chi connectivity index (χ4v) is 3.78. The molecule has 1 heterocycles. The Bertz CT molecular complexity index is 863. The van der Waals surface area contributed by atoms with E-state index in [1.165, 1.54) is 24.4 Å². The van der Waals surface area contributed by atoms with E-state index in [0.29, 0.717) is 52.1 Å². The number of hydrogen-bond donors (Lipinski definition) is 2. The molecule has 2 aromatic carbocycles. The van der Waals surface area contributed by atoms with Gasteiger partial charge >= 0.3 is 0 Å². The zero-order chi connectivity index (χ0) is 19.4. The van der Waals surface area contributed by atoms with Crippen molar-refractivity contribution in [1.82, 2.24) is 5.43 Å². The van der Waals surface area contributed by atoms with E-state index in [9.17, 15) is 14.3 Å². The van der Waals surface area contributed by atoms with Crippen LogP contribution in [0.25, 0.3) is 0 Å². The minimum absolute atomic E-state index is 0.00545. The van der Waals surface area contributed by atoms with Crippen LogP contribution in [0.2, 0.25) is 0 Å². The summed E-state index contributed by atoms with van der Waals surface area (Å²) in [7, 11) is 0. The van der Waals surface area contributed by atoms with E-state index >= 15 is 0 Å². The Labute approximate surface area is 172 Å². The van der Waals surface area contributed by atoms with E-state index in [2.05, 4.69) is 42.4 Å². The van der Waals surface area contributed by atoms with E-state index in [1.807, 2.05) is 4.90 Å². The second-order valence-electron chi connectivity index (χ2n) is 5.80. The van der Waals surface area contributed by atoms with Gasteiger partial charge in [0.1, 0.15) is 11.6 Å². The second kappa shape index (κ2) is 8.81. The third-order valence-electron chi connectivity index (χ3n) is 3.98. The molecular weight excluding hydrogens is 485 g/mol. The minimum Gasteiger partial charge on any atom is -0.506 e. The van der Waals surface area contributed by atoms with Crippen molar-refractivity contribution in [3.8, 4) is 5.75 Å². The minimum atomic E-state index is -0.460. The van der Waals surface area contributed by atoms with Gasteiger partial charge in [-0.15, -0.1) is 0 Å². The molecule has 27 heavy (non-hydrogen) atoms. The number of carbonyl (C=O) groups is 1. The molecule has 6 nitrogen and oxygen atoms in total. The fraction of sp³-hybridized carbons (Fsp3) is 0.222.